The van der Waals surface area contributed by atoms with Gasteiger partial charge in [0.05, 0.1) is 40.6 Å². The van der Waals surface area contributed by atoms with Crippen molar-refractivity contribution in [1.29, 1.82) is 5.26 Å². The molecule has 0 aliphatic heterocycles. The van der Waals surface area contributed by atoms with Crippen LogP contribution in [0, 0.1) is 36.8 Å². The first-order valence-electron chi connectivity index (χ1n) is 10.8. The lowest BCUT2D eigenvalue weighted by Crippen LogP contribution is -2.19. The zero-order chi connectivity index (χ0) is 27.9. The summed E-state index contributed by atoms with van der Waals surface area (Å²) < 4.78 is 70.3. The summed E-state index contributed by atoms with van der Waals surface area (Å²) in [6, 6.07) is 8.28. The molecule has 0 saturated heterocycles. The summed E-state index contributed by atoms with van der Waals surface area (Å²) in [5.74, 6) is -3.46. The molecule has 194 valence electrons. The second-order valence-corrected chi connectivity index (χ2v) is 8.37. The van der Waals surface area contributed by atoms with Crippen LogP contribution in [0.3, 0.4) is 0 Å². The Kier molecular flexibility index (Phi) is 6.58. The first kappa shape index (κ1) is 26.2. The normalized spacial score (nSPS) is 11.4. The molecule has 3 N–H and O–H groups in total. The Bertz CT molecular complexity index is 1670. The number of nitrogens with two attached hydrogens (primary N) is 1. The van der Waals surface area contributed by atoms with Crippen LogP contribution in [0.25, 0.3) is 10.9 Å². The SMILES string of the molecule is Cc1cc2c(C(=O)Nc3c(C(F)(F)F)nn(Cc4ccc(F)cc4C#N)c3C)cc(C(N)=O)nc2cc1F. The molecular weight excluding hydrogens is 511 g/mol. The van der Waals surface area contributed by atoms with E-state index >= 15 is 0 Å². The third-order valence-electron chi connectivity index (χ3n) is 5.81. The molecule has 4 rings (SSSR count). The Hall–Kier alpha value is -4.86. The molecule has 13 heteroatoms. The van der Waals surface area contributed by atoms with Crippen molar-refractivity contribution in [3.05, 3.63) is 87.4 Å². The minimum absolute atomic E-state index is 0.0787. The highest BCUT2D eigenvalue weighted by molar-refractivity contribution is 6.14. The molecule has 38 heavy (non-hydrogen) atoms. The average molecular weight is 528 g/mol. The van der Waals surface area contributed by atoms with E-state index in [9.17, 15) is 36.8 Å². The summed E-state index contributed by atoms with van der Waals surface area (Å²) in [5, 5.41) is 15.1. The Morgan fingerprint density at radius 3 is 2.47 bits per heavy atom. The predicted octanol–water partition coefficient (Wildman–Crippen LogP) is 4.62. The summed E-state index contributed by atoms with van der Waals surface area (Å²) in [6.45, 7) is 2.36. The molecule has 0 aliphatic carbocycles. The lowest BCUT2D eigenvalue weighted by molar-refractivity contribution is -0.140. The number of nitrogens with one attached hydrogen (secondary N) is 1. The van der Waals surface area contributed by atoms with Crippen molar-refractivity contribution in [2.75, 3.05) is 5.32 Å². The highest BCUT2D eigenvalue weighted by Crippen LogP contribution is 2.37. The van der Waals surface area contributed by atoms with Crippen LogP contribution >= 0.6 is 0 Å². The van der Waals surface area contributed by atoms with Crippen molar-refractivity contribution < 1.29 is 31.5 Å². The molecule has 0 unspecified atom stereocenters. The number of benzene rings is 2. The van der Waals surface area contributed by atoms with Crippen LogP contribution in [0.4, 0.5) is 27.6 Å². The lowest BCUT2D eigenvalue weighted by Gasteiger charge is -2.12. The van der Waals surface area contributed by atoms with Gasteiger partial charge in [0.15, 0.2) is 5.69 Å². The highest BCUT2D eigenvalue weighted by Gasteiger charge is 2.39. The zero-order valence-corrected chi connectivity index (χ0v) is 19.7. The fraction of sp³-hybridized carbons (Fsp3) is 0.160. The van der Waals surface area contributed by atoms with E-state index in [1.165, 1.54) is 26.0 Å². The Morgan fingerprint density at radius 1 is 1.13 bits per heavy atom. The minimum atomic E-state index is -4.99. The molecule has 8 nitrogen and oxygen atoms in total. The molecule has 0 atom stereocenters. The van der Waals surface area contributed by atoms with Crippen molar-refractivity contribution in [2.45, 2.75) is 26.6 Å². The fourth-order valence-electron chi connectivity index (χ4n) is 3.85. The van der Waals surface area contributed by atoms with Crippen LogP contribution in [0.15, 0.2) is 36.4 Å². The number of alkyl halides is 3. The van der Waals surface area contributed by atoms with Crippen LogP contribution in [-0.2, 0) is 12.7 Å². The molecule has 2 heterocycles. The number of carbonyl (C=O) groups excluding carboxylic acids is 2. The second kappa shape index (κ2) is 9.55. The van der Waals surface area contributed by atoms with Crippen LogP contribution in [-0.4, -0.2) is 26.6 Å². The minimum Gasteiger partial charge on any atom is -0.364 e. The number of pyridine rings is 1. The summed E-state index contributed by atoms with van der Waals surface area (Å²) in [6.07, 6.45) is -4.99. The van der Waals surface area contributed by atoms with Gasteiger partial charge >= 0.3 is 6.18 Å². The van der Waals surface area contributed by atoms with E-state index in [0.717, 1.165) is 28.9 Å². The Balaban J connectivity index is 1.82. The molecule has 0 bridgehead atoms. The number of halogens is 5. The number of nitrogens with zero attached hydrogens (tertiary/aromatic N) is 4. The predicted molar refractivity (Wildman–Crippen MR) is 125 cm³/mol. The molecule has 4 aromatic rings. The van der Waals surface area contributed by atoms with Crippen LogP contribution in [0.5, 0.6) is 0 Å². The number of carbonyl (C=O) groups is 2. The van der Waals surface area contributed by atoms with Gasteiger partial charge in [-0.2, -0.15) is 23.5 Å². The van der Waals surface area contributed by atoms with Crippen molar-refractivity contribution in [1.82, 2.24) is 14.8 Å². The van der Waals surface area contributed by atoms with E-state index in [2.05, 4.69) is 15.4 Å². The van der Waals surface area contributed by atoms with E-state index < -0.39 is 46.7 Å². The number of aromatic nitrogens is 3. The Morgan fingerprint density at radius 2 is 1.84 bits per heavy atom. The van der Waals surface area contributed by atoms with E-state index in [1.54, 1.807) is 6.07 Å². The van der Waals surface area contributed by atoms with Crippen LogP contribution < -0.4 is 11.1 Å². The average Bonchev–Trinajstić information content (AvgIpc) is 3.15. The molecule has 0 aliphatic rings. The number of anilines is 1. The number of rotatable bonds is 5. The van der Waals surface area contributed by atoms with Gasteiger partial charge in [0.1, 0.15) is 17.3 Å². The number of primary amides is 1. The van der Waals surface area contributed by atoms with Crippen molar-refractivity contribution in [2.24, 2.45) is 5.73 Å². The molecule has 0 fully saturated rings. The van der Waals surface area contributed by atoms with Gasteiger partial charge in [-0.05, 0) is 49.2 Å². The quantitative estimate of drug-likeness (QED) is 0.366. The van der Waals surface area contributed by atoms with Gasteiger partial charge in [-0.15, -0.1) is 0 Å². The number of hydrogen-bond donors (Lipinski definition) is 2. The molecule has 0 radical (unpaired) electrons. The summed E-state index contributed by atoms with van der Waals surface area (Å²) in [4.78, 5) is 28.9. The van der Waals surface area contributed by atoms with Crippen molar-refractivity contribution >= 4 is 28.4 Å². The molecule has 0 saturated carbocycles. The topological polar surface area (TPSA) is 127 Å². The van der Waals surface area contributed by atoms with E-state index in [4.69, 9.17) is 5.73 Å². The maximum Gasteiger partial charge on any atom is 0.437 e. The van der Waals surface area contributed by atoms with Gasteiger partial charge in [0, 0.05) is 11.5 Å². The summed E-state index contributed by atoms with van der Waals surface area (Å²) >= 11 is 0. The number of amides is 2. The summed E-state index contributed by atoms with van der Waals surface area (Å²) in [7, 11) is 0. The monoisotopic (exact) mass is 528 g/mol. The molecule has 2 aromatic carbocycles. The molecule has 2 aromatic heterocycles. The first-order valence-corrected chi connectivity index (χ1v) is 10.8. The molecular formula is C25H17F5N6O2. The highest BCUT2D eigenvalue weighted by atomic mass is 19.4. The zero-order valence-electron chi connectivity index (χ0n) is 19.7. The van der Waals surface area contributed by atoms with Gasteiger partial charge < -0.3 is 11.1 Å². The third-order valence-corrected chi connectivity index (χ3v) is 5.81. The van der Waals surface area contributed by atoms with Gasteiger partial charge in [-0.3, -0.25) is 14.3 Å². The fourth-order valence-corrected chi connectivity index (χ4v) is 3.85. The van der Waals surface area contributed by atoms with E-state index in [0.29, 0.717) is 0 Å². The van der Waals surface area contributed by atoms with Crippen LogP contribution in [0.2, 0.25) is 0 Å². The summed E-state index contributed by atoms with van der Waals surface area (Å²) in [5.41, 5.74) is 2.55. The van der Waals surface area contributed by atoms with Gasteiger partial charge in [0.25, 0.3) is 11.8 Å². The standard InChI is InChI=1S/C25H17F5N6O2/c1-11-5-16-17(7-20(23(32)37)33-19(16)8-18(11)27)24(38)34-21-12(2)36(35-22(21)25(28,29)30)10-13-3-4-15(26)6-14(13)9-31/h3-8H,10H2,1-2H3,(H2,32,37)(H,34,38). The van der Waals surface area contributed by atoms with Gasteiger partial charge in [-0.1, -0.05) is 6.07 Å². The van der Waals surface area contributed by atoms with Crippen LogP contribution in [0.1, 0.15) is 48.9 Å². The smallest absolute Gasteiger partial charge is 0.364 e. The lowest BCUT2D eigenvalue weighted by atomic mass is 10.0. The van der Waals surface area contributed by atoms with E-state index in [-0.39, 0.29) is 45.4 Å². The van der Waals surface area contributed by atoms with Gasteiger partial charge in [-0.25, -0.2) is 13.8 Å². The van der Waals surface area contributed by atoms with E-state index in [1.807, 2.05) is 0 Å². The maximum absolute atomic E-state index is 14.1. The number of fused-ring (bicyclic) bond motifs is 1. The molecule has 2 amide bonds. The second-order valence-electron chi connectivity index (χ2n) is 8.37. The first-order chi connectivity index (χ1) is 17.8. The van der Waals surface area contributed by atoms with Crippen molar-refractivity contribution in [3.63, 3.8) is 0 Å². The third kappa shape index (κ3) is 4.88. The Labute approximate surface area is 211 Å². The van der Waals surface area contributed by atoms with Gasteiger partial charge in [0.2, 0.25) is 0 Å². The number of nitriles is 1. The maximum atomic E-state index is 14.1. The largest absolute Gasteiger partial charge is 0.437 e. The number of hydrogen-bond acceptors (Lipinski definition) is 5. The van der Waals surface area contributed by atoms with Crippen molar-refractivity contribution in [3.8, 4) is 6.07 Å². The molecule has 0 spiro atoms. The number of aryl methyl sites for hydroxylation is 1.